The van der Waals surface area contributed by atoms with Crippen LogP contribution in [0.1, 0.15) is 39.0 Å². The highest BCUT2D eigenvalue weighted by Gasteiger charge is 2.22. The minimum absolute atomic E-state index is 0.221. The van der Waals surface area contributed by atoms with E-state index in [1.165, 1.54) is 25.7 Å². The molecule has 1 heterocycles. The van der Waals surface area contributed by atoms with Crippen molar-refractivity contribution in [3.63, 3.8) is 0 Å². The third-order valence-electron chi connectivity index (χ3n) is 4.06. The third kappa shape index (κ3) is 5.97. The molecule has 2 unspecified atom stereocenters. The number of likely N-dealkylation sites (tertiary alicyclic amines) is 1. The Morgan fingerprint density at radius 2 is 2.24 bits per heavy atom. The summed E-state index contributed by atoms with van der Waals surface area (Å²) < 4.78 is 6.89. The molecule has 21 heavy (non-hydrogen) atoms. The first kappa shape index (κ1) is 16.8. The van der Waals surface area contributed by atoms with Crippen molar-refractivity contribution in [2.24, 2.45) is 0 Å². The lowest BCUT2D eigenvalue weighted by molar-refractivity contribution is 0.101. The molecule has 1 N–H and O–H groups in total. The molecule has 118 valence electrons. The number of hydrogen-bond donors (Lipinski definition) is 1. The zero-order valence-electron chi connectivity index (χ0n) is 12.8. The average molecular weight is 356 g/mol. The Morgan fingerprint density at radius 3 is 3.00 bits per heavy atom. The van der Waals surface area contributed by atoms with Crippen molar-refractivity contribution in [2.45, 2.75) is 51.2 Å². The van der Waals surface area contributed by atoms with Crippen molar-refractivity contribution >= 4 is 15.9 Å². The van der Waals surface area contributed by atoms with Crippen LogP contribution in [0.2, 0.25) is 0 Å². The molecule has 1 fully saturated rings. The topological polar surface area (TPSA) is 32.7 Å². The summed E-state index contributed by atoms with van der Waals surface area (Å²) in [5.74, 6) is 0.909. The Hall–Kier alpha value is -0.580. The molecule has 0 saturated carbocycles. The fraction of sp³-hybridized carbons (Fsp3) is 0.647. The second-order valence-corrected chi connectivity index (χ2v) is 6.85. The van der Waals surface area contributed by atoms with Crippen LogP contribution in [-0.2, 0) is 0 Å². The number of rotatable bonds is 6. The molecule has 1 aromatic rings. The van der Waals surface area contributed by atoms with E-state index in [9.17, 15) is 5.11 Å². The lowest BCUT2D eigenvalue weighted by atomic mass is 10.0. The minimum Gasteiger partial charge on any atom is -0.492 e. The van der Waals surface area contributed by atoms with Gasteiger partial charge in [0.1, 0.15) is 12.4 Å². The van der Waals surface area contributed by atoms with Crippen LogP contribution in [0.25, 0.3) is 0 Å². The lowest BCUT2D eigenvalue weighted by Gasteiger charge is -2.30. The van der Waals surface area contributed by atoms with E-state index in [-0.39, 0.29) is 6.10 Å². The van der Waals surface area contributed by atoms with Gasteiger partial charge < -0.3 is 9.84 Å². The van der Waals surface area contributed by atoms with Crippen LogP contribution in [0.4, 0.5) is 0 Å². The van der Waals surface area contributed by atoms with Crippen LogP contribution >= 0.6 is 15.9 Å². The molecule has 1 aromatic carbocycles. The van der Waals surface area contributed by atoms with E-state index < -0.39 is 0 Å². The Kier molecular flexibility index (Phi) is 7.00. The molecular weight excluding hydrogens is 330 g/mol. The van der Waals surface area contributed by atoms with Crippen molar-refractivity contribution in [3.8, 4) is 5.75 Å². The van der Waals surface area contributed by atoms with Gasteiger partial charge in [0.2, 0.25) is 0 Å². The molecule has 3 nitrogen and oxygen atoms in total. The second kappa shape index (κ2) is 8.76. The molecule has 0 radical (unpaired) electrons. The van der Waals surface area contributed by atoms with Crippen molar-refractivity contribution in [1.29, 1.82) is 0 Å². The summed E-state index contributed by atoms with van der Waals surface area (Å²) in [6.45, 7) is 4.65. The summed E-state index contributed by atoms with van der Waals surface area (Å²) in [4.78, 5) is 2.50. The molecule has 0 aromatic heterocycles. The number of benzene rings is 1. The van der Waals surface area contributed by atoms with E-state index in [1.54, 1.807) is 0 Å². The summed E-state index contributed by atoms with van der Waals surface area (Å²) in [7, 11) is 0. The van der Waals surface area contributed by atoms with Crippen molar-refractivity contribution < 1.29 is 9.84 Å². The molecule has 0 amide bonds. The van der Waals surface area contributed by atoms with Gasteiger partial charge >= 0.3 is 0 Å². The molecule has 1 aliphatic heterocycles. The van der Waals surface area contributed by atoms with Gasteiger partial charge in [-0.25, -0.2) is 0 Å². The first-order valence-corrected chi connectivity index (χ1v) is 8.75. The van der Waals surface area contributed by atoms with Gasteiger partial charge in [0, 0.05) is 17.1 Å². The maximum absolute atomic E-state index is 9.69. The number of hydrogen-bond acceptors (Lipinski definition) is 3. The lowest BCUT2D eigenvalue weighted by Crippen LogP contribution is -2.39. The maximum Gasteiger partial charge on any atom is 0.120 e. The van der Waals surface area contributed by atoms with Gasteiger partial charge in [-0.1, -0.05) is 34.8 Å². The number of halogens is 1. The van der Waals surface area contributed by atoms with Crippen molar-refractivity contribution in [1.82, 2.24) is 4.90 Å². The highest BCUT2D eigenvalue weighted by molar-refractivity contribution is 9.10. The van der Waals surface area contributed by atoms with Crippen LogP contribution in [-0.4, -0.2) is 41.8 Å². The predicted molar refractivity (Wildman–Crippen MR) is 89.8 cm³/mol. The second-order valence-electron chi connectivity index (χ2n) is 5.93. The molecule has 0 bridgehead atoms. The highest BCUT2D eigenvalue weighted by atomic mass is 79.9. The summed E-state index contributed by atoms with van der Waals surface area (Å²) in [6, 6.07) is 8.47. The normalized spacial score (nSPS) is 21.8. The SMILES string of the molecule is CC(O)CC1CCCCCN1CCOc1cccc(Br)c1. The van der Waals surface area contributed by atoms with Crippen LogP contribution in [0.5, 0.6) is 5.75 Å². The standard InChI is InChI=1S/C17H26BrNO2/c1-14(20)12-16-7-3-2-4-9-19(16)10-11-21-17-8-5-6-15(18)13-17/h5-6,8,13-14,16,20H,2-4,7,9-12H2,1H3. The Balaban J connectivity index is 1.83. The minimum atomic E-state index is -0.221. The van der Waals surface area contributed by atoms with Gasteiger partial charge in [0.05, 0.1) is 6.10 Å². The fourth-order valence-electron chi connectivity index (χ4n) is 3.03. The Morgan fingerprint density at radius 1 is 1.38 bits per heavy atom. The van der Waals surface area contributed by atoms with Crippen molar-refractivity contribution in [3.05, 3.63) is 28.7 Å². The predicted octanol–water partition coefficient (Wildman–Crippen LogP) is 3.84. The van der Waals surface area contributed by atoms with Crippen LogP contribution in [0.15, 0.2) is 28.7 Å². The van der Waals surface area contributed by atoms with Crippen LogP contribution in [0, 0.1) is 0 Å². The van der Waals surface area contributed by atoms with Gasteiger partial charge in [-0.2, -0.15) is 0 Å². The summed E-state index contributed by atoms with van der Waals surface area (Å²) in [5, 5.41) is 9.69. The molecular formula is C17H26BrNO2. The zero-order valence-corrected chi connectivity index (χ0v) is 14.4. The molecule has 4 heteroatoms. The smallest absolute Gasteiger partial charge is 0.120 e. The van der Waals surface area contributed by atoms with E-state index >= 15 is 0 Å². The summed E-state index contributed by atoms with van der Waals surface area (Å²) in [6.07, 6.45) is 5.69. The fourth-order valence-corrected chi connectivity index (χ4v) is 3.41. The molecule has 0 aliphatic carbocycles. The Labute approximate surface area is 136 Å². The number of ether oxygens (including phenoxy) is 1. The molecule has 1 saturated heterocycles. The summed E-state index contributed by atoms with van der Waals surface area (Å²) >= 11 is 3.46. The first-order valence-electron chi connectivity index (χ1n) is 7.95. The third-order valence-corrected chi connectivity index (χ3v) is 4.55. The number of aliphatic hydroxyl groups excluding tert-OH is 1. The van der Waals surface area contributed by atoms with Crippen molar-refractivity contribution in [2.75, 3.05) is 19.7 Å². The molecule has 0 spiro atoms. The monoisotopic (exact) mass is 355 g/mol. The molecule has 1 aliphatic rings. The van der Waals surface area contributed by atoms with Crippen LogP contribution < -0.4 is 4.74 Å². The zero-order chi connectivity index (χ0) is 15.1. The highest BCUT2D eigenvalue weighted by Crippen LogP contribution is 2.21. The molecule has 2 atom stereocenters. The van der Waals surface area contributed by atoms with E-state index in [0.717, 1.165) is 29.7 Å². The van der Waals surface area contributed by atoms with Gasteiger partial charge in [0.15, 0.2) is 0 Å². The van der Waals surface area contributed by atoms with E-state index in [0.29, 0.717) is 12.6 Å². The van der Waals surface area contributed by atoms with Gasteiger partial charge in [-0.15, -0.1) is 0 Å². The van der Waals surface area contributed by atoms with E-state index in [4.69, 9.17) is 4.74 Å². The quantitative estimate of drug-likeness (QED) is 0.841. The average Bonchev–Trinajstić information content (AvgIpc) is 2.64. The number of aliphatic hydroxyl groups is 1. The first-order chi connectivity index (χ1) is 10.1. The van der Waals surface area contributed by atoms with E-state index in [2.05, 4.69) is 20.8 Å². The largest absolute Gasteiger partial charge is 0.492 e. The van der Waals surface area contributed by atoms with Crippen LogP contribution in [0.3, 0.4) is 0 Å². The van der Waals surface area contributed by atoms with Gasteiger partial charge in [0.25, 0.3) is 0 Å². The Bertz CT molecular complexity index is 425. The summed E-state index contributed by atoms with van der Waals surface area (Å²) in [5.41, 5.74) is 0. The van der Waals surface area contributed by atoms with E-state index in [1.807, 2.05) is 31.2 Å². The molecule has 2 rings (SSSR count). The van der Waals surface area contributed by atoms with Gasteiger partial charge in [-0.3, -0.25) is 4.90 Å². The number of nitrogens with zero attached hydrogens (tertiary/aromatic N) is 1. The maximum atomic E-state index is 9.69. The van der Waals surface area contributed by atoms with Gasteiger partial charge in [-0.05, 0) is 50.9 Å².